The molecule has 0 N–H and O–H groups in total. The van der Waals surface area contributed by atoms with Gasteiger partial charge >= 0.3 is 0 Å². The Hall–Kier alpha value is -2.47. The van der Waals surface area contributed by atoms with Crippen LogP contribution in [0, 0.1) is 50.7 Å². The van der Waals surface area contributed by atoms with Gasteiger partial charge in [-0.05, 0) is 30.1 Å². The number of nitrogens with zero attached hydrogens (tertiary/aromatic N) is 4. The Morgan fingerprint density at radius 1 is 1.09 bits per heavy atom. The summed E-state index contributed by atoms with van der Waals surface area (Å²) in [7, 11) is 0. The fraction of sp³-hybridized carbons (Fsp3) is 0.412. The summed E-state index contributed by atoms with van der Waals surface area (Å²) in [5.41, 5.74) is 2.00. The molecule has 0 aromatic carbocycles. The molecule has 1 aliphatic rings. The molecule has 0 saturated heterocycles. The Morgan fingerprint density at radius 2 is 1.68 bits per heavy atom. The highest BCUT2D eigenvalue weighted by atomic mass is 32.2. The Balaban J connectivity index is 3.31. The number of nitriles is 4. The van der Waals surface area contributed by atoms with Gasteiger partial charge in [-0.25, -0.2) is 0 Å². The van der Waals surface area contributed by atoms with E-state index in [0.29, 0.717) is 12.8 Å². The van der Waals surface area contributed by atoms with Gasteiger partial charge in [0, 0.05) is 11.3 Å². The zero-order valence-electron chi connectivity index (χ0n) is 12.9. The molecule has 110 valence electrons. The minimum absolute atomic E-state index is 0.0542. The van der Waals surface area contributed by atoms with E-state index in [0.717, 1.165) is 22.5 Å². The highest BCUT2D eigenvalue weighted by molar-refractivity contribution is 8.02. The van der Waals surface area contributed by atoms with E-state index in [9.17, 15) is 0 Å². The average Bonchev–Trinajstić information content (AvgIpc) is 2.47. The maximum absolute atomic E-state index is 9.07. The molecule has 0 atom stereocenters. The van der Waals surface area contributed by atoms with Crippen LogP contribution in [0.15, 0.2) is 33.3 Å². The van der Waals surface area contributed by atoms with Crippen molar-refractivity contribution in [1.29, 1.82) is 21.0 Å². The first-order valence-corrected chi connectivity index (χ1v) is 7.93. The fourth-order valence-corrected chi connectivity index (χ4v) is 3.23. The molecule has 5 heteroatoms. The summed E-state index contributed by atoms with van der Waals surface area (Å²) >= 11 is 1.39. The van der Waals surface area contributed by atoms with E-state index in [2.05, 4.69) is 13.8 Å². The molecule has 0 aromatic heterocycles. The molecule has 0 heterocycles. The molecule has 0 aromatic rings. The summed E-state index contributed by atoms with van der Waals surface area (Å²) in [6, 6.07) is 7.73. The third kappa shape index (κ3) is 4.26. The van der Waals surface area contributed by atoms with Gasteiger partial charge in [-0.1, -0.05) is 25.5 Å². The van der Waals surface area contributed by atoms with E-state index in [1.54, 1.807) is 0 Å². The fourth-order valence-electron chi connectivity index (χ4n) is 2.60. The quantitative estimate of drug-likeness (QED) is 0.730. The summed E-state index contributed by atoms with van der Waals surface area (Å²) < 4.78 is 0. The summed E-state index contributed by atoms with van der Waals surface area (Å²) in [5, 5.41) is 36.2. The molecule has 0 bridgehead atoms. The highest BCUT2D eigenvalue weighted by Gasteiger charge is 2.27. The van der Waals surface area contributed by atoms with Gasteiger partial charge in [0.1, 0.15) is 35.4 Å². The topological polar surface area (TPSA) is 95.2 Å². The Bertz CT molecular complexity index is 693. The van der Waals surface area contributed by atoms with Gasteiger partial charge in [0.25, 0.3) is 0 Å². The Labute approximate surface area is 135 Å². The van der Waals surface area contributed by atoms with E-state index in [1.807, 2.05) is 36.6 Å². The third-order valence-electron chi connectivity index (χ3n) is 3.43. The molecule has 22 heavy (non-hydrogen) atoms. The zero-order chi connectivity index (χ0) is 16.8. The highest BCUT2D eigenvalue weighted by Crippen LogP contribution is 2.42. The predicted molar refractivity (Wildman–Crippen MR) is 85.7 cm³/mol. The Kier molecular flexibility index (Phi) is 6.00. The average molecular weight is 308 g/mol. The molecule has 1 aliphatic carbocycles. The van der Waals surface area contributed by atoms with Crippen molar-refractivity contribution in [3.05, 3.63) is 33.3 Å². The van der Waals surface area contributed by atoms with Crippen molar-refractivity contribution >= 4 is 11.8 Å². The van der Waals surface area contributed by atoms with Crippen molar-refractivity contribution in [2.75, 3.05) is 6.26 Å². The maximum atomic E-state index is 9.07. The molecule has 4 nitrogen and oxygen atoms in total. The predicted octanol–water partition coefficient (Wildman–Crippen LogP) is 4.13. The van der Waals surface area contributed by atoms with Gasteiger partial charge in [-0.3, -0.25) is 0 Å². The van der Waals surface area contributed by atoms with Crippen molar-refractivity contribution in [1.82, 2.24) is 0 Å². The van der Waals surface area contributed by atoms with Crippen molar-refractivity contribution in [2.45, 2.75) is 33.1 Å². The van der Waals surface area contributed by atoms with E-state index in [-0.39, 0.29) is 16.6 Å². The summed E-state index contributed by atoms with van der Waals surface area (Å²) in [6.45, 7) is 4.18. The third-order valence-corrected chi connectivity index (χ3v) is 4.28. The largest absolute Gasteiger partial charge is 0.192 e. The molecule has 0 fully saturated rings. The molecular formula is C17H16N4S. The van der Waals surface area contributed by atoms with Crippen LogP contribution >= 0.6 is 11.8 Å². The maximum Gasteiger partial charge on any atom is 0.139 e. The second-order valence-corrected chi connectivity index (χ2v) is 6.75. The van der Waals surface area contributed by atoms with Crippen LogP contribution in [0.1, 0.15) is 33.1 Å². The van der Waals surface area contributed by atoms with Gasteiger partial charge < -0.3 is 0 Å². The Morgan fingerprint density at radius 3 is 2.14 bits per heavy atom. The molecule has 0 spiro atoms. The lowest BCUT2D eigenvalue weighted by molar-refractivity contribution is 0.348. The second kappa shape index (κ2) is 7.51. The lowest BCUT2D eigenvalue weighted by Gasteiger charge is -2.31. The summed E-state index contributed by atoms with van der Waals surface area (Å²) in [4.78, 5) is 0.726. The van der Waals surface area contributed by atoms with Crippen molar-refractivity contribution in [3.63, 3.8) is 0 Å². The van der Waals surface area contributed by atoms with Crippen LogP contribution in [0.2, 0.25) is 0 Å². The monoisotopic (exact) mass is 308 g/mol. The van der Waals surface area contributed by atoms with Gasteiger partial charge in [-0.15, -0.1) is 11.8 Å². The van der Waals surface area contributed by atoms with Crippen LogP contribution in [0.25, 0.3) is 0 Å². The lowest BCUT2D eigenvalue weighted by atomic mass is 9.73. The number of hydrogen-bond acceptors (Lipinski definition) is 5. The first kappa shape index (κ1) is 17.6. The minimum atomic E-state index is -0.0542. The van der Waals surface area contributed by atoms with Gasteiger partial charge in [-0.2, -0.15) is 21.0 Å². The summed E-state index contributed by atoms with van der Waals surface area (Å²) in [6.07, 6.45) is 5.72. The van der Waals surface area contributed by atoms with Gasteiger partial charge in [0.05, 0.1) is 0 Å². The molecule has 0 radical (unpaired) electrons. The first-order valence-electron chi connectivity index (χ1n) is 6.71. The number of rotatable bonds is 3. The molecule has 0 unspecified atom stereocenters. The van der Waals surface area contributed by atoms with Crippen molar-refractivity contribution < 1.29 is 0 Å². The number of hydrogen-bond donors (Lipinski definition) is 0. The SMILES string of the molecule is CSC(CC1=CC(=C(C#N)C#N)CC(C)(C)C1)=C(C#N)C#N. The molecule has 0 amide bonds. The number of allylic oxidation sites excluding steroid dienone is 6. The molecule has 0 aliphatic heterocycles. The van der Waals surface area contributed by atoms with Crippen molar-refractivity contribution in [2.24, 2.45) is 5.41 Å². The smallest absolute Gasteiger partial charge is 0.139 e. The van der Waals surface area contributed by atoms with Crippen LogP contribution in [-0.4, -0.2) is 6.26 Å². The van der Waals surface area contributed by atoms with E-state index in [4.69, 9.17) is 21.0 Å². The minimum Gasteiger partial charge on any atom is -0.192 e. The van der Waals surface area contributed by atoms with Crippen molar-refractivity contribution in [3.8, 4) is 24.3 Å². The van der Waals surface area contributed by atoms with Crippen LogP contribution in [0.3, 0.4) is 0 Å². The van der Waals surface area contributed by atoms with Crippen LogP contribution in [0.4, 0.5) is 0 Å². The van der Waals surface area contributed by atoms with Gasteiger partial charge in [0.2, 0.25) is 0 Å². The standard InChI is InChI=1S/C17H16N4S/c1-17(2)6-12(4-13(7-17)14(8-18)9-19)5-16(22-3)15(10-20)11-21/h4H,5-7H2,1-3H3. The molecular weight excluding hydrogens is 292 g/mol. The van der Waals surface area contributed by atoms with Gasteiger partial charge in [0.15, 0.2) is 0 Å². The lowest BCUT2D eigenvalue weighted by Crippen LogP contribution is -2.18. The summed E-state index contributed by atoms with van der Waals surface area (Å²) in [5.74, 6) is 0. The van der Waals surface area contributed by atoms with E-state index < -0.39 is 0 Å². The normalized spacial score (nSPS) is 15.4. The van der Waals surface area contributed by atoms with Crippen LogP contribution in [0.5, 0.6) is 0 Å². The molecule has 0 saturated carbocycles. The number of thioether (sulfide) groups is 1. The zero-order valence-corrected chi connectivity index (χ0v) is 13.7. The van der Waals surface area contributed by atoms with Crippen LogP contribution in [-0.2, 0) is 0 Å². The van der Waals surface area contributed by atoms with E-state index >= 15 is 0 Å². The second-order valence-electron chi connectivity index (χ2n) is 5.85. The molecule has 1 rings (SSSR count). The van der Waals surface area contributed by atoms with E-state index in [1.165, 1.54) is 11.8 Å². The van der Waals surface area contributed by atoms with Crippen LogP contribution < -0.4 is 0 Å². The first-order chi connectivity index (χ1) is 10.4.